The van der Waals surface area contributed by atoms with Gasteiger partial charge in [0.2, 0.25) is 0 Å². The zero-order valence-corrected chi connectivity index (χ0v) is 10.5. The number of hydrogen-bond donors (Lipinski definition) is 1. The number of carbonyl (C=O) groups is 1. The van der Waals surface area contributed by atoms with Crippen molar-refractivity contribution in [3.05, 3.63) is 30.3 Å². The van der Waals surface area contributed by atoms with Gasteiger partial charge in [-0.3, -0.25) is 4.79 Å². The van der Waals surface area contributed by atoms with Crippen molar-refractivity contribution >= 4 is 15.7 Å². The first-order valence-electron chi connectivity index (χ1n) is 5.01. The molecule has 17 heavy (non-hydrogen) atoms. The van der Waals surface area contributed by atoms with E-state index in [0.717, 1.165) is 4.90 Å². The number of nitrogens with zero attached hydrogens (tertiary/aromatic N) is 1. The number of carbonyl (C=O) groups excluding carboxylic acids is 1. The molecule has 0 heterocycles. The van der Waals surface area contributed by atoms with Gasteiger partial charge >= 0.3 is 0 Å². The van der Waals surface area contributed by atoms with Crippen molar-refractivity contribution in [3.63, 3.8) is 0 Å². The van der Waals surface area contributed by atoms with Gasteiger partial charge in [-0.15, -0.1) is 0 Å². The second-order valence-corrected chi connectivity index (χ2v) is 5.88. The van der Waals surface area contributed by atoms with E-state index < -0.39 is 27.6 Å². The summed E-state index contributed by atoms with van der Waals surface area (Å²) in [5.41, 5.74) is 0. The molecular weight excluding hydrogens is 243 g/mol. The fourth-order valence-corrected chi connectivity index (χ4v) is 2.62. The van der Waals surface area contributed by atoms with E-state index in [0.29, 0.717) is 0 Å². The number of rotatable bonds is 4. The smallest absolute Gasteiger partial charge is 0.251 e. The molecule has 5 nitrogen and oxygen atoms in total. The van der Waals surface area contributed by atoms with Crippen LogP contribution in [-0.2, 0) is 14.6 Å². The lowest BCUT2D eigenvalue weighted by molar-refractivity contribution is -0.136. The quantitative estimate of drug-likeness (QED) is 0.766. The molecule has 0 saturated carbocycles. The van der Waals surface area contributed by atoms with Crippen LogP contribution in [0, 0.1) is 0 Å². The van der Waals surface area contributed by atoms with Gasteiger partial charge in [-0.25, -0.2) is 8.42 Å². The second-order valence-electron chi connectivity index (χ2n) is 3.84. The summed E-state index contributed by atoms with van der Waals surface area (Å²) in [4.78, 5) is 12.6. The van der Waals surface area contributed by atoms with E-state index in [-0.39, 0.29) is 4.90 Å². The molecule has 6 heteroatoms. The Morgan fingerprint density at radius 1 is 1.29 bits per heavy atom. The van der Waals surface area contributed by atoms with Gasteiger partial charge in [0.05, 0.1) is 10.6 Å². The summed E-state index contributed by atoms with van der Waals surface area (Å²) in [6.45, 7) is 0. The fraction of sp³-hybridized carbons (Fsp3) is 0.364. The Morgan fingerprint density at radius 2 is 1.82 bits per heavy atom. The van der Waals surface area contributed by atoms with Crippen molar-refractivity contribution in [3.8, 4) is 0 Å². The summed E-state index contributed by atoms with van der Waals surface area (Å²) in [6, 6.07) is 7.74. The van der Waals surface area contributed by atoms with E-state index in [1.807, 2.05) is 0 Å². The van der Waals surface area contributed by atoms with E-state index in [1.54, 1.807) is 18.2 Å². The number of hydrogen-bond acceptors (Lipinski definition) is 4. The van der Waals surface area contributed by atoms with E-state index in [2.05, 4.69) is 0 Å². The minimum Gasteiger partial charge on any atom is -0.382 e. The van der Waals surface area contributed by atoms with Crippen molar-refractivity contribution in [1.29, 1.82) is 0 Å². The fourth-order valence-electron chi connectivity index (χ4n) is 1.30. The molecule has 1 amide bonds. The molecule has 1 aromatic rings. The molecule has 1 atom stereocenters. The average molecular weight is 258 g/mol. The Morgan fingerprint density at radius 3 is 2.29 bits per heavy atom. The molecule has 0 aliphatic carbocycles. The first-order valence-corrected chi connectivity index (χ1v) is 6.67. The highest BCUT2D eigenvalue weighted by atomic mass is 32.2. The largest absolute Gasteiger partial charge is 0.382 e. The molecule has 0 radical (unpaired) electrons. The lowest BCUT2D eigenvalue weighted by Crippen LogP contribution is -2.38. The number of likely N-dealkylation sites (N-methyl/N-ethyl adjacent to an activating group) is 1. The van der Waals surface area contributed by atoms with Gasteiger partial charge in [-0.1, -0.05) is 18.2 Å². The number of sulfone groups is 1. The van der Waals surface area contributed by atoms with Gasteiger partial charge in [0.15, 0.2) is 9.84 Å². The van der Waals surface area contributed by atoms with Crippen LogP contribution in [0.2, 0.25) is 0 Å². The predicted octanol–water partition coefficient (Wildman–Crippen LogP) is -0.0906. The summed E-state index contributed by atoms with van der Waals surface area (Å²) in [5.74, 6) is -1.22. The zero-order valence-electron chi connectivity index (χ0n) is 9.70. The van der Waals surface area contributed by atoms with Gasteiger partial charge in [-0.05, 0) is 12.1 Å². The summed E-state index contributed by atoms with van der Waals surface area (Å²) in [5, 5.41) is 9.51. The van der Waals surface area contributed by atoms with E-state index in [4.69, 9.17) is 0 Å². The van der Waals surface area contributed by atoms with Crippen LogP contribution in [0.25, 0.3) is 0 Å². The molecule has 0 aromatic heterocycles. The molecule has 0 aliphatic heterocycles. The maximum Gasteiger partial charge on any atom is 0.251 e. The van der Waals surface area contributed by atoms with Crippen molar-refractivity contribution in [2.45, 2.75) is 11.0 Å². The van der Waals surface area contributed by atoms with Gasteiger partial charge in [-0.2, -0.15) is 0 Å². The van der Waals surface area contributed by atoms with Gasteiger partial charge in [0.25, 0.3) is 5.91 Å². The Bertz CT molecular complexity index is 481. The van der Waals surface area contributed by atoms with Gasteiger partial charge in [0, 0.05) is 14.1 Å². The highest BCUT2D eigenvalue weighted by Crippen LogP contribution is 2.11. The SMILES string of the molecule is CN(C)[13C](=O)C(O)CS(=O)(=O)c1ccccc1. The van der Waals surface area contributed by atoms with Crippen LogP contribution in [0.3, 0.4) is 0 Å². The van der Waals surface area contributed by atoms with Crippen LogP contribution < -0.4 is 0 Å². The van der Waals surface area contributed by atoms with Crippen LogP contribution in [0.1, 0.15) is 0 Å². The number of amides is 1. The summed E-state index contributed by atoms with van der Waals surface area (Å²) < 4.78 is 23.7. The Hall–Kier alpha value is -1.40. The normalized spacial score (nSPS) is 13.1. The first-order chi connectivity index (χ1) is 7.84. The van der Waals surface area contributed by atoms with Crippen LogP contribution in [-0.4, -0.2) is 50.3 Å². The number of aliphatic hydroxyl groups is 1. The highest BCUT2D eigenvalue weighted by molar-refractivity contribution is 7.91. The molecule has 0 saturated heterocycles. The third-order valence-corrected chi connectivity index (χ3v) is 3.95. The minimum absolute atomic E-state index is 0.102. The monoisotopic (exact) mass is 258 g/mol. The van der Waals surface area contributed by atoms with Crippen molar-refractivity contribution in [1.82, 2.24) is 4.90 Å². The van der Waals surface area contributed by atoms with Crippen LogP contribution in [0.5, 0.6) is 0 Å². The van der Waals surface area contributed by atoms with Crippen LogP contribution in [0.4, 0.5) is 0 Å². The predicted molar refractivity (Wildman–Crippen MR) is 63.2 cm³/mol. The Labute approximate surface area is 101 Å². The molecular formula is C11H15NO4S. The number of aliphatic hydroxyl groups excluding tert-OH is 1. The van der Waals surface area contributed by atoms with Crippen LogP contribution >= 0.6 is 0 Å². The van der Waals surface area contributed by atoms with Gasteiger partial charge < -0.3 is 10.0 Å². The van der Waals surface area contributed by atoms with Crippen molar-refractivity contribution in [2.75, 3.05) is 19.8 Å². The molecule has 0 fully saturated rings. The van der Waals surface area contributed by atoms with Crippen molar-refractivity contribution < 1.29 is 18.3 Å². The molecule has 94 valence electrons. The molecule has 1 rings (SSSR count). The third-order valence-electron chi connectivity index (χ3n) is 2.21. The Balaban J connectivity index is 2.85. The van der Waals surface area contributed by atoms with E-state index in [9.17, 15) is 18.3 Å². The highest BCUT2D eigenvalue weighted by Gasteiger charge is 2.25. The molecule has 1 unspecified atom stereocenters. The molecule has 0 spiro atoms. The summed E-state index contributed by atoms with van der Waals surface area (Å²) in [6.07, 6.45) is -1.53. The first kappa shape index (κ1) is 13.7. The third kappa shape index (κ3) is 3.54. The second kappa shape index (κ2) is 5.29. The van der Waals surface area contributed by atoms with E-state index in [1.165, 1.54) is 26.2 Å². The lowest BCUT2D eigenvalue weighted by Gasteiger charge is -2.15. The molecule has 1 N–H and O–H groups in total. The number of benzene rings is 1. The average Bonchev–Trinajstić information content (AvgIpc) is 2.28. The summed E-state index contributed by atoms with van der Waals surface area (Å²) in [7, 11) is -0.718. The molecule has 1 aromatic carbocycles. The molecule has 0 bridgehead atoms. The standard InChI is InChI=1S/C11H15NO4S/c1-12(2)11(14)10(13)8-17(15,16)9-6-4-3-5-7-9/h3-7,10,13H,8H2,1-2H3/i11+1. The zero-order chi connectivity index (χ0) is 13.1. The lowest BCUT2D eigenvalue weighted by atomic mass is 10.4. The van der Waals surface area contributed by atoms with Crippen LogP contribution in [0.15, 0.2) is 35.2 Å². The maximum absolute atomic E-state index is 11.8. The van der Waals surface area contributed by atoms with Crippen molar-refractivity contribution in [2.24, 2.45) is 0 Å². The van der Waals surface area contributed by atoms with E-state index >= 15 is 0 Å². The summed E-state index contributed by atoms with van der Waals surface area (Å²) >= 11 is 0. The molecule has 0 aliphatic rings. The topological polar surface area (TPSA) is 74.7 Å². The van der Waals surface area contributed by atoms with Gasteiger partial charge in [0.1, 0.15) is 6.10 Å². The Kier molecular flexibility index (Phi) is 4.25. The minimum atomic E-state index is -3.64. The maximum atomic E-state index is 11.8.